The van der Waals surface area contributed by atoms with Gasteiger partial charge in [0.05, 0.1) is 23.9 Å². The fourth-order valence-corrected chi connectivity index (χ4v) is 6.42. The Morgan fingerprint density at radius 1 is 1.16 bits per heavy atom. The summed E-state index contributed by atoms with van der Waals surface area (Å²) in [5.74, 6) is 1.00. The predicted molar refractivity (Wildman–Crippen MR) is 128 cm³/mol. The molecule has 6 heteroatoms. The van der Waals surface area contributed by atoms with Gasteiger partial charge in [-0.15, -0.1) is 11.3 Å². The first-order valence-electron chi connectivity index (χ1n) is 11.6. The SMILES string of the molecule is Cc1cc(-c2[nH]c3sc(C4CCN(CC5(C)COC5)CC4)nc3c2C(C)C)cc(C)n1. The summed E-state index contributed by atoms with van der Waals surface area (Å²) in [6.45, 7) is 16.4. The Morgan fingerprint density at radius 2 is 1.84 bits per heavy atom. The maximum Gasteiger partial charge on any atom is 0.121 e. The van der Waals surface area contributed by atoms with E-state index in [0.29, 0.717) is 17.3 Å². The van der Waals surface area contributed by atoms with E-state index in [2.05, 4.69) is 61.6 Å². The molecule has 5 nitrogen and oxygen atoms in total. The standard InChI is InChI=1S/C25H34N4OS/c1-15(2)20-21(19-10-16(3)26-17(4)11-19)27-24-22(20)28-23(31-24)18-6-8-29(9-7-18)12-25(5)13-30-14-25/h10-11,15,18,27H,6-9,12-14H2,1-5H3. The smallest absolute Gasteiger partial charge is 0.121 e. The molecule has 2 fully saturated rings. The molecule has 2 aliphatic rings. The van der Waals surface area contributed by atoms with Gasteiger partial charge in [0.1, 0.15) is 10.3 Å². The summed E-state index contributed by atoms with van der Waals surface area (Å²) in [4.78, 5) is 17.3. The first-order chi connectivity index (χ1) is 14.8. The molecule has 0 saturated carbocycles. The van der Waals surface area contributed by atoms with Crippen LogP contribution in [0.1, 0.15) is 67.4 Å². The van der Waals surface area contributed by atoms with Gasteiger partial charge in [-0.25, -0.2) is 4.98 Å². The van der Waals surface area contributed by atoms with E-state index in [-0.39, 0.29) is 0 Å². The van der Waals surface area contributed by atoms with Crippen LogP contribution in [0.15, 0.2) is 12.1 Å². The van der Waals surface area contributed by atoms with Gasteiger partial charge < -0.3 is 14.6 Å². The summed E-state index contributed by atoms with van der Waals surface area (Å²) >= 11 is 1.87. The summed E-state index contributed by atoms with van der Waals surface area (Å²) in [6, 6.07) is 4.36. The zero-order chi connectivity index (χ0) is 21.8. The van der Waals surface area contributed by atoms with E-state index in [1.807, 2.05) is 11.3 Å². The first kappa shape index (κ1) is 21.1. The molecule has 5 rings (SSSR count). The van der Waals surface area contributed by atoms with Gasteiger partial charge in [-0.2, -0.15) is 0 Å². The zero-order valence-electron chi connectivity index (χ0n) is 19.4. The number of fused-ring (bicyclic) bond motifs is 1. The molecule has 0 atom stereocenters. The van der Waals surface area contributed by atoms with E-state index >= 15 is 0 Å². The molecular weight excluding hydrogens is 404 g/mol. The van der Waals surface area contributed by atoms with E-state index in [4.69, 9.17) is 9.72 Å². The molecule has 0 aromatic carbocycles. The molecule has 0 unspecified atom stereocenters. The van der Waals surface area contributed by atoms with Crippen LogP contribution in [0.5, 0.6) is 0 Å². The topological polar surface area (TPSA) is 54.0 Å². The fourth-order valence-electron chi connectivity index (χ4n) is 5.27. The van der Waals surface area contributed by atoms with Crippen molar-refractivity contribution >= 4 is 21.7 Å². The molecule has 3 aromatic heterocycles. The monoisotopic (exact) mass is 438 g/mol. The van der Waals surface area contributed by atoms with Gasteiger partial charge in [0.2, 0.25) is 0 Å². The number of nitrogens with zero attached hydrogens (tertiary/aromatic N) is 3. The third-order valence-corrected chi connectivity index (χ3v) is 7.93. The third kappa shape index (κ3) is 4.06. The van der Waals surface area contributed by atoms with Crippen LogP contribution in [0.4, 0.5) is 0 Å². The van der Waals surface area contributed by atoms with Crippen molar-refractivity contribution in [1.82, 2.24) is 19.9 Å². The number of aromatic amines is 1. The normalized spacial score (nSPS) is 19.9. The molecular formula is C25H34N4OS. The number of piperidine rings is 1. The van der Waals surface area contributed by atoms with Crippen LogP contribution in [0.3, 0.4) is 0 Å². The highest BCUT2D eigenvalue weighted by Gasteiger charge is 2.36. The van der Waals surface area contributed by atoms with Crippen molar-refractivity contribution in [2.24, 2.45) is 5.41 Å². The second-order valence-corrected chi connectivity index (χ2v) is 11.3. The largest absolute Gasteiger partial charge is 0.380 e. The van der Waals surface area contributed by atoms with Gasteiger partial charge in [-0.1, -0.05) is 20.8 Å². The minimum absolute atomic E-state index is 0.371. The second kappa shape index (κ2) is 7.98. The van der Waals surface area contributed by atoms with Crippen LogP contribution >= 0.6 is 11.3 Å². The van der Waals surface area contributed by atoms with E-state index < -0.39 is 0 Å². The average molecular weight is 439 g/mol. The summed E-state index contributed by atoms with van der Waals surface area (Å²) in [5.41, 5.74) is 7.46. The molecule has 5 heterocycles. The highest BCUT2D eigenvalue weighted by Crippen LogP contribution is 2.41. The lowest BCUT2D eigenvalue weighted by atomic mass is 9.86. The Kier molecular flexibility index (Phi) is 5.43. The summed E-state index contributed by atoms with van der Waals surface area (Å²) in [6.07, 6.45) is 2.42. The predicted octanol–water partition coefficient (Wildman–Crippen LogP) is 5.64. The van der Waals surface area contributed by atoms with E-state index in [1.54, 1.807) is 0 Å². The number of H-pyrrole nitrogens is 1. The van der Waals surface area contributed by atoms with Crippen LogP contribution in [-0.4, -0.2) is 52.7 Å². The number of ether oxygens (including phenoxy) is 1. The molecule has 166 valence electrons. The minimum Gasteiger partial charge on any atom is -0.380 e. The van der Waals surface area contributed by atoms with E-state index in [9.17, 15) is 0 Å². The van der Waals surface area contributed by atoms with Crippen molar-refractivity contribution in [3.63, 3.8) is 0 Å². The number of likely N-dealkylation sites (tertiary alicyclic amines) is 1. The number of nitrogens with one attached hydrogen (secondary N) is 1. The highest BCUT2D eigenvalue weighted by molar-refractivity contribution is 7.18. The summed E-state index contributed by atoms with van der Waals surface area (Å²) < 4.78 is 5.44. The maximum atomic E-state index is 5.44. The number of thiazole rings is 1. The molecule has 0 spiro atoms. The van der Waals surface area contributed by atoms with E-state index in [1.165, 1.54) is 64.7 Å². The van der Waals surface area contributed by atoms with Gasteiger partial charge in [-0.3, -0.25) is 4.98 Å². The number of pyridine rings is 1. The second-order valence-electron chi connectivity index (χ2n) is 10.3. The Balaban J connectivity index is 1.38. The molecule has 1 N–H and O–H groups in total. The Labute approximate surface area is 189 Å². The Hall–Kier alpha value is -1.76. The number of rotatable bonds is 5. The van der Waals surface area contributed by atoms with Gasteiger partial charge in [-0.05, 0) is 57.8 Å². The van der Waals surface area contributed by atoms with Gasteiger partial charge in [0.15, 0.2) is 0 Å². The maximum absolute atomic E-state index is 5.44. The van der Waals surface area contributed by atoms with Crippen molar-refractivity contribution in [2.75, 3.05) is 32.8 Å². The molecule has 2 saturated heterocycles. The molecule has 31 heavy (non-hydrogen) atoms. The average Bonchev–Trinajstić information content (AvgIpc) is 3.24. The Bertz CT molecular complexity index is 1070. The number of aryl methyl sites for hydroxylation is 2. The lowest BCUT2D eigenvalue weighted by Gasteiger charge is -2.43. The van der Waals surface area contributed by atoms with Gasteiger partial charge >= 0.3 is 0 Å². The Morgan fingerprint density at radius 3 is 2.42 bits per heavy atom. The van der Waals surface area contributed by atoms with Crippen molar-refractivity contribution in [1.29, 1.82) is 0 Å². The third-order valence-electron chi connectivity index (χ3n) is 6.80. The van der Waals surface area contributed by atoms with Gasteiger partial charge in [0.25, 0.3) is 0 Å². The fraction of sp³-hybridized carbons (Fsp3) is 0.600. The summed E-state index contributed by atoms with van der Waals surface area (Å²) in [5, 5.41) is 1.31. The van der Waals surface area contributed by atoms with Crippen LogP contribution in [-0.2, 0) is 4.74 Å². The lowest BCUT2D eigenvalue weighted by molar-refractivity contribution is -0.116. The first-order valence-corrected chi connectivity index (χ1v) is 12.4. The van der Waals surface area contributed by atoms with Crippen molar-refractivity contribution < 1.29 is 4.74 Å². The quantitative estimate of drug-likeness (QED) is 0.560. The minimum atomic E-state index is 0.371. The van der Waals surface area contributed by atoms with Crippen LogP contribution in [0.25, 0.3) is 21.6 Å². The van der Waals surface area contributed by atoms with Crippen LogP contribution in [0, 0.1) is 19.3 Å². The van der Waals surface area contributed by atoms with Gasteiger partial charge in [0, 0.05) is 40.4 Å². The van der Waals surface area contributed by atoms with Crippen molar-refractivity contribution in [2.45, 2.75) is 59.3 Å². The molecule has 0 aliphatic carbocycles. The number of aromatic nitrogens is 3. The molecule has 3 aromatic rings. The van der Waals surface area contributed by atoms with E-state index in [0.717, 1.165) is 24.6 Å². The molecule has 0 bridgehead atoms. The van der Waals surface area contributed by atoms with Crippen molar-refractivity contribution in [3.8, 4) is 11.3 Å². The molecule has 0 radical (unpaired) electrons. The lowest BCUT2D eigenvalue weighted by Crippen LogP contribution is -2.50. The molecule has 0 amide bonds. The van der Waals surface area contributed by atoms with Crippen LogP contribution < -0.4 is 0 Å². The zero-order valence-corrected chi connectivity index (χ0v) is 20.2. The molecule has 2 aliphatic heterocycles. The number of hydrogen-bond donors (Lipinski definition) is 1. The highest BCUT2D eigenvalue weighted by atomic mass is 32.1. The number of hydrogen-bond acceptors (Lipinski definition) is 5. The van der Waals surface area contributed by atoms with Crippen molar-refractivity contribution in [3.05, 3.63) is 34.1 Å². The van der Waals surface area contributed by atoms with Crippen LogP contribution in [0.2, 0.25) is 0 Å². The summed E-state index contributed by atoms with van der Waals surface area (Å²) in [7, 11) is 0.